The Hall–Kier alpha value is -0.410. The number of ketones is 1. The first-order chi connectivity index (χ1) is 7.63. The van der Waals surface area contributed by atoms with E-state index in [2.05, 4.69) is 25.7 Å². The van der Waals surface area contributed by atoms with Gasteiger partial charge in [-0.05, 0) is 18.9 Å². The molecule has 0 saturated carbocycles. The molecule has 16 heavy (non-hydrogen) atoms. The number of carbonyl (C=O) groups excluding carboxylic acids is 1. The maximum Gasteiger partial charge on any atom is 0.162 e. The molecule has 3 nitrogen and oxygen atoms in total. The lowest BCUT2D eigenvalue weighted by molar-refractivity contribution is -0.136. The number of morpholine rings is 1. The molecule has 1 aliphatic rings. The number of carbonyl (C=O) groups is 1. The summed E-state index contributed by atoms with van der Waals surface area (Å²) in [6, 6.07) is 0. The molecule has 0 radical (unpaired) electrons. The van der Waals surface area contributed by atoms with Gasteiger partial charge in [0.2, 0.25) is 0 Å². The van der Waals surface area contributed by atoms with E-state index in [0.717, 1.165) is 32.5 Å². The molecule has 0 spiro atoms. The Morgan fingerprint density at radius 2 is 2.25 bits per heavy atom. The monoisotopic (exact) mass is 227 g/mol. The molecule has 1 unspecified atom stereocenters. The standard InChI is InChI=1S/C13H25NO2/c1-4-14-8-9-16-13(10-14)12(15)7-5-6-11(2)3/h11,13H,4-10H2,1-3H3. The first-order valence-electron chi connectivity index (χ1n) is 6.50. The summed E-state index contributed by atoms with van der Waals surface area (Å²) in [5.41, 5.74) is 0. The van der Waals surface area contributed by atoms with Crippen LogP contribution in [-0.4, -0.2) is 43.0 Å². The fraction of sp³-hybridized carbons (Fsp3) is 0.923. The van der Waals surface area contributed by atoms with Crippen LogP contribution in [0.2, 0.25) is 0 Å². The van der Waals surface area contributed by atoms with Gasteiger partial charge < -0.3 is 4.74 Å². The molecule has 94 valence electrons. The zero-order valence-corrected chi connectivity index (χ0v) is 10.9. The molecule has 1 fully saturated rings. The largest absolute Gasteiger partial charge is 0.368 e. The molecule has 0 amide bonds. The summed E-state index contributed by atoms with van der Waals surface area (Å²) in [5.74, 6) is 0.978. The summed E-state index contributed by atoms with van der Waals surface area (Å²) >= 11 is 0. The minimum Gasteiger partial charge on any atom is -0.368 e. The van der Waals surface area contributed by atoms with Gasteiger partial charge in [0.05, 0.1) is 6.61 Å². The van der Waals surface area contributed by atoms with E-state index < -0.39 is 0 Å². The highest BCUT2D eigenvalue weighted by Gasteiger charge is 2.24. The van der Waals surface area contributed by atoms with Gasteiger partial charge in [-0.25, -0.2) is 0 Å². The van der Waals surface area contributed by atoms with Gasteiger partial charge in [0.25, 0.3) is 0 Å². The number of likely N-dealkylation sites (N-methyl/N-ethyl adjacent to an activating group) is 1. The van der Waals surface area contributed by atoms with Crippen molar-refractivity contribution in [2.24, 2.45) is 5.92 Å². The Bertz CT molecular complexity index is 216. The Morgan fingerprint density at radius 1 is 1.50 bits per heavy atom. The number of hydrogen-bond acceptors (Lipinski definition) is 3. The van der Waals surface area contributed by atoms with Crippen LogP contribution < -0.4 is 0 Å². The van der Waals surface area contributed by atoms with E-state index in [0.29, 0.717) is 24.7 Å². The van der Waals surface area contributed by atoms with Gasteiger partial charge in [0, 0.05) is 19.5 Å². The SMILES string of the molecule is CCN1CCOC(C(=O)CCCC(C)C)C1. The predicted molar refractivity (Wildman–Crippen MR) is 65.6 cm³/mol. The van der Waals surface area contributed by atoms with Crippen LogP contribution in [0.3, 0.4) is 0 Å². The lowest BCUT2D eigenvalue weighted by Crippen LogP contribution is -2.45. The molecule has 0 aromatic carbocycles. The van der Waals surface area contributed by atoms with Crippen LogP contribution in [0.25, 0.3) is 0 Å². The van der Waals surface area contributed by atoms with Crippen molar-refractivity contribution in [3.63, 3.8) is 0 Å². The number of hydrogen-bond donors (Lipinski definition) is 0. The fourth-order valence-corrected chi connectivity index (χ4v) is 2.03. The third-order valence-electron chi connectivity index (χ3n) is 3.16. The number of Topliss-reactive ketones (excluding diaryl/α,β-unsaturated/α-hetero) is 1. The first-order valence-corrected chi connectivity index (χ1v) is 6.50. The summed E-state index contributed by atoms with van der Waals surface area (Å²) in [7, 11) is 0. The molecular formula is C13H25NO2. The van der Waals surface area contributed by atoms with Gasteiger partial charge in [0.1, 0.15) is 6.10 Å². The number of ether oxygens (including phenoxy) is 1. The summed E-state index contributed by atoms with van der Waals surface area (Å²) < 4.78 is 5.54. The van der Waals surface area contributed by atoms with Crippen LogP contribution in [-0.2, 0) is 9.53 Å². The molecular weight excluding hydrogens is 202 g/mol. The lowest BCUT2D eigenvalue weighted by Gasteiger charge is -2.31. The van der Waals surface area contributed by atoms with E-state index in [9.17, 15) is 4.79 Å². The van der Waals surface area contributed by atoms with Crippen molar-refractivity contribution in [2.45, 2.75) is 46.1 Å². The van der Waals surface area contributed by atoms with Crippen LogP contribution in [0, 0.1) is 5.92 Å². The zero-order valence-electron chi connectivity index (χ0n) is 10.9. The summed E-state index contributed by atoms with van der Waals surface area (Å²) in [6.07, 6.45) is 2.65. The Morgan fingerprint density at radius 3 is 2.88 bits per heavy atom. The van der Waals surface area contributed by atoms with E-state index in [-0.39, 0.29) is 6.10 Å². The normalized spacial score (nSPS) is 22.6. The van der Waals surface area contributed by atoms with Crippen molar-refractivity contribution in [3.05, 3.63) is 0 Å². The predicted octanol–water partition coefficient (Wildman–Crippen LogP) is 2.10. The van der Waals surface area contributed by atoms with Crippen molar-refractivity contribution >= 4 is 5.78 Å². The van der Waals surface area contributed by atoms with Gasteiger partial charge >= 0.3 is 0 Å². The van der Waals surface area contributed by atoms with E-state index in [1.54, 1.807) is 0 Å². The molecule has 0 aromatic heterocycles. The van der Waals surface area contributed by atoms with Crippen LogP contribution in [0.5, 0.6) is 0 Å². The summed E-state index contributed by atoms with van der Waals surface area (Å²) in [5, 5.41) is 0. The smallest absolute Gasteiger partial charge is 0.162 e. The van der Waals surface area contributed by atoms with Crippen molar-refractivity contribution < 1.29 is 9.53 Å². The molecule has 0 N–H and O–H groups in total. The average Bonchev–Trinajstić information content (AvgIpc) is 2.28. The molecule has 0 bridgehead atoms. The van der Waals surface area contributed by atoms with Crippen LogP contribution in [0.15, 0.2) is 0 Å². The van der Waals surface area contributed by atoms with Crippen molar-refractivity contribution in [2.75, 3.05) is 26.2 Å². The molecule has 1 rings (SSSR count). The number of rotatable bonds is 6. The lowest BCUT2D eigenvalue weighted by atomic mass is 10.0. The first kappa shape index (κ1) is 13.7. The van der Waals surface area contributed by atoms with Crippen molar-refractivity contribution in [1.82, 2.24) is 4.90 Å². The quantitative estimate of drug-likeness (QED) is 0.696. The van der Waals surface area contributed by atoms with Crippen LogP contribution in [0.4, 0.5) is 0 Å². The van der Waals surface area contributed by atoms with E-state index >= 15 is 0 Å². The molecule has 0 aromatic rings. The Balaban J connectivity index is 2.24. The van der Waals surface area contributed by atoms with E-state index in [1.807, 2.05) is 0 Å². The second-order valence-corrected chi connectivity index (χ2v) is 5.01. The second kappa shape index (κ2) is 7.02. The zero-order chi connectivity index (χ0) is 12.0. The summed E-state index contributed by atoms with van der Waals surface area (Å²) in [6.45, 7) is 9.99. The minimum absolute atomic E-state index is 0.166. The topological polar surface area (TPSA) is 29.5 Å². The van der Waals surface area contributed by atoms with Gasteiger partial charge in [0.15, 0.2) is 5.78 Å². The van der Waals surface area contributed by atoms with Gasteiger partial charge in [-0.3, -0.25) is 9.69 Å². The summed E-state index contributed by atoms with van der Waals surface area (Å²) in [4.78, 5) is 14.2. The van der Waals surface area contributed by atoms with Gasteiger partial charge in [-0.1, -0.05) is 27.2 Å². The molecule has 1 saturated heterocycles. The van der Waals surface area contributed by atoms with Crippen molar-refractivity contribution in [3.8, 4) is 0 Å². The fourth-order valence-electron chi connectivity index (χ4n) is 2.03. The minimum atomic E-state index is -0.166. The third-order valence-corrected chi connectivity index (χ3v) is 3.16. The second-order valence-electron chi connectivity index (χ2n) is 5.01. The molecule has 1 atom stereocenters. The number of nitrogens with zero attached hydrogens (tertiary/aromatic N) is 1. The van der Waals surface area contributed by atoms with Crippen LogP contribution >= 0.6 is 0 Å². The highest BCUT2D eigenvalue weighted by Crippen LogP contribution is 2.12. The van der Waals surface area contributed by atoms with E-state index in [4.69, 9.17) is 4.74 Å². The average molecular weight is 227 g/mol. The third kappa shape index (κ3) is 4.62. The molecule has 1 heterocycles. The Kier molecular flexibility index (Phi) is 5.99. The maximum absolute atomic E-state index is 11.9. The highest BCUT2D eigenvalue weighted by atomic mass is 16.5. The molecule has 3 heteroatoms. The van der Waals surface area contributed by atoms with Gasteiger partial charge in [-0.2, -0.15) is 0 Å². The van der Waals surface area contributed by atoms with E-state index in [1.165, 1.54) is 0 Å². The molecule has 0 aliphatic carbocycles. The molecule has 1 aliphatic heterocycles. The van der Waals surface area contributed by atoms with Gasteiger partial charge in [-0.15, -0.1) is 0 Å². The Labute approximate surface area is 99.1 Å². The maximum atomic E-state index is 11.9. The highest BCUT2D eigenvalue weighted by molar-refractivity contribution is 5.83. The van der Waals surface area contributed by atoms with Crippen LogP contribution in [0.1, 0.15) is 40.0 Å². The van der Waals surface area contributed by atoms with Crippen molar-refractivity contribution in [1.29, 1.82) is 0 Å².